The van der Waals surface area contributed by atoms with Crippen molar-refractivity contribution in [2.24, 2.45) is 0 Å². The van der Waals surface area contributed by atoms with Crippen molar-refractivity contribution in [3.63, 3.8) is 0 Å². The summed E-state index contributed by atoms with van der Waals surface area (Å²) in [4.78, 5) is 12.7. The van der Waals surface area contributed by atoms with Gasteiger partial charge in [0.05, 0.1) is 28.2 Å². The number of nitrogens with zero attached hydrogens (tertiary/aromatic N) is 2. The fourth-order valence-electron chi connectivity index (χ4n) is 2.73. The first-order chi connectivity index (χ1) is 12.5. The second-order valence-electron chi connectivity index (χ2n) is 6.17. The molecule has 3 aromatic rings. The van der Waals surface area contributed by atoms with Crippen LogP contribution in [0.25, 0.3) is 16.9 Å². The Morgan fingerprint density at radius 2 is 1.73 bits per heavy atom. The van der Waals surface area contributed by atoms with E-state index in [4.69, 9.17) is 34.8 Å². The molecule has 132 valence electrons. The van der Waals surface area contributed by atoms with Gasteiger partial charge in [0.1, 0.15) is 0 Å². The number of carbonyl (C=O) groups is 1. The highest BCUT2D eigenvalue weighted by atomic mass is 35.5. The van der Waals surface area contributed by atoms with Gasteiger partial charge < -0.3 is 5.32 Å². The lowest BCUT2D eigenvalue weighted by atomic mass is 10.1. The van der Waals surface area contributed by atoms with Gasteiger partial charge in [-0.3, -0.25) is 4.79 Å². The van der Waals surface area contributed by atoms with Crippen molar-refractivity contribution in [1.82, 2.24) is 15.1 Å². The van der Waals surface area contributed by atoms with Crippen LogP contribution in [0.15, 0.2) is 48.7 Å². The van der Waals surface area contributed by atoms with Crippen LogP contribution < -0.4 is 5.32 Å². The molecule has 0 radical (unpaired) electrons. The van der Waals surface area contributed by atoms with Gasteiger partial charge in [-0.05, 0) is 43.2 Å². The number of nitrogens with one attached hydrogen (secondary N) is 1. The van der Waals surface area contributed by atoms with Crippen LogP contribution in [0.1, 0.15) is 23.2 Å². The number of hydrogen-bond donors (Lipinski definition) is 1. The third-order valence-electron chi connectivity index (χ3n) is 4.18. The normalized spacial score (nSPS) is 13.7. The maximum absolute atomic E-state index is 12.7. The molecule has 0 saturated heterocycles. The van der Waals surface area contributed by atoms with Crippen molar-refractivity contribution in [1.29, 1.82) is 0 Å². The summed E-state index contributed by atoms with van der Waals surface area (Å²) in [6.07, 6.45) is 3.59. The molecule has 1 heterocycles. The third kappa shape index (κ3) is 3.45. The zero-order valence-corrected chi connectivity index (χ0v) is 15.8. The Morgan fingerprint density at radius 3 is 2.38 bits per heavy atom. The zero-order valence-electron chi connectivity index (χ0n) is 13.5. The van der Waals surface area contributed by atoms with E-state index < -0.39 is 0 Å². The lowest BCUT2D eigenvalue weighted by Crippen LogP contribution is -2.25. The van der Waals surface area contributed by atoms with Crippen LogP contribution in [0.5, 0.6) is 0 Å². The Morgan fingerprint density at radius 1 is 1.04 bits per heavy atom. The monoisotopic (exact) mass is 405 g/mol. The van der Waals surface area contributed by atoms with Crippen molar-refractivity contribution in [2.75, 3.05) is 0 Å². The summed E-state index contributed by atoms with van der Waals surface area (Å²) in [5, 5.41) is 9.03. The van der Waals surface area contributed by atoms with Gasteiger partial charge in [0.2, 0.25) is 0 Å². The van der Waals surface area contributed by atoms with E-state index in [0.717, 1.165) is 18.4 Å². The number of amides is 1. The van der Waals surface area contributed by atoms with E-state index in [9.17, 15) is 4.79 Å². The number of aromatic nitrogens is 2. The average molecular weight is 407 g/mol. The van der Waals surface area contributed by atoms with E-state index in [-0.39, 0.29) is 11.9 Å². The van der Waals surface area contributed by atoms with Crippen LogP contribution in [0.3, 0.4) is 0 Å². The summed E-state index contributed by atoms with van der Waals surface area (Å²) in [5.74, 6) is -0.145. The summed E-state index contributed by atoms with van der Waals surface area (Å²) in [5.41, 5.74) is 2.61. The molecule has 0 aliphatic heterocycles. The van der Waals surface area contributed by atoms with Crippen LogP contribution in [0.4, 0.5) is 0 Å². The number of hydrogen-bond acceptors (Lipinski definition) is 2. The number of halogens is 3. The smallest absolute Gasteiger partial charge is 0.255 e. The molecule has 1 aliphatic rings. The van der Waals surface area contributed by atoms with Crippen LogP contribution in [0.2, 0.25) is 15.1 Å². The molecule has 1 saturated carbocycles. The molecule has 7 heteroatoms. The third-order valence-corrected chi connectivity index (χ3v) is 4.97. The van der Waals surface area contributed by atoms with Gasteiger partial charge in [0.15, 0.2) is 0 Å². The Labute approximate surface area is 165 Å². The molecule has 1 N–H and O–H groups in total. The minimum atomic E-state index is -0.145. The van der Waals surface area contributed by atoms with E-state index in [1.54, 1.807) is 41.2 Å². The highest BCUT2D eigenvalue weighted by Gasteiger charge is 2.27. The molecule has 4 rings (SSSR count). The maximum atomic E-state index is 12.7. The highest BCUT2D eigenvalue weighted by molar-refractivity contribution is 6.35. The lowest BCUT2D eigenvalue weighted by Gasteiger charge is -2.12. The number of benzene rings is 2. The molecule has 26 heavy (non-hydrogen) atoms. The molecule has 1 amide bonds. The van der Waals surface area contributed by atoms with Gasteiger partial charge in [-0.25, -0.2) is 4.68 Å². The van der Waals surface area contributed by atoms with E-state index >= 15 is 0 Å². The molecule has 0 spiro atoms. The Balaban J connectivity index is 1.86. The molecule has 0 atom stereocenters. The molecule has 1 aromatic heterocycles. The van der Waals surface area contributed by atoms with Crippen molar-refractivity contribution in [2.45, 2.75) is 18.9 Å². The number of rotatable bonds is 4. The highest BCUT2D eigenvalue weighted by Crippen LogP contribution is 2.32. The Kier molecular flexibility index (Phi) is 4.65. The van der Waals surface area contributed by atoms with Gasteiger partial charge in [-0.15, -0.1) is 0 Å². The van der Waals surface area contributed by atoms with Crippen molar-refractivity contribution < 1.29 is 4.79 Å². The molecule has 1 fully saturated rings. The summed E-state index contributed by atoms with van der Waals surface area (Å²) < 4.78 is 1.66. The SMILES string of the molecule is O=C(NC1CC1)c1cnn(-c2ccc(Cl)cc2Cl)c1-c1ccc(Cl)cc1. The molecular weight excluding hydrogens is 393 g/mol. The van der Waals surface area contributed by atoms with Crippen molar-refractivity contribution in [3.05, 3.63) is 69.3 Å². The molecule has 0 bridgehead atoms. The van der Waals surface area contributed by atoms with E-state index in [1.807, 2.05) is 12.1 Å². The van der Waals surface area contributed by atoms with Gasteiger partial charge in [-0.1, -0.05) is 46.9 Å². The minimum Gasteiger partial charge on any atom is -0.349 e. The second-order valence-corrected chi connectivity index (χ2v) is 7.45. The van der Waals surface area contributed by atoms with Crippen LogP contribution in [0, 0.1) is 0 Å². The van der Waals surface area contributed by atoms with Gasteiger partial charge in [0.25, 0.3) is 5.91 Å². The lowest BCUT2D eigenvalue weighted by molar-refractivity contribution is 0.0951. The van der Waals surface area contributed by atoms with Gasteiger partial charge in [-0.2, -0.15) is 5.10 Å². The molecule has 1 aliphatic carbocycles. The Hall–Kier alpha value is -2.01. The quantitative estimate of drug-likeness (QED) is 0.631. The van der Waals surface area contributed by atoms with Crippen molar-refractivity contribution >= 4 is 40.7 Å². The second kappa shape index (κ2) is 6.95. The summed E-state index contributed by atoms with van der Waals surface area (Å²) in [7, 11) is 0. The average Bonchev–Trinajstić information content (AvgIpc) is 3.31. The van der Waals surface area contributed by atoms with Gasteiger partial charge in [0, 0.05) is 21.7 Å². The van der Waals surface area contributed by atoms with Crippen LogP contribution in [-0.4, -0.2) is 21.7 Å². The molecule has 2 aromatic carbocycles. The largest absolute Gasteiger partial charge is 0.349 e. The first-order valence-electron chi connectivity index (χ1n) is 8.13. The van der Waals surface area contributed by atoms with Crippen LogP contribution >= 0.6 is 34.8 Å². The summed E-state index contributed by atoms with van der Waals surface area (Å²) in [6, 6.07) is 12.7. The molecule has 4 nitrogen and oxygen atoms in total. The first-order valence-corrected chi connectivity index (χ1v) is 9.26. The first kappa shape index (κ1) is 17.4. The summed E-state index contributed by atoms with van der Waals surface area (Å²) in [6.45, 7) is 0. The van der Waals surface area contributed by atoms with E-state index in [1.165, 1.54) is 0 Å². The fourth-order valence-corrected chi connectivity index (χ4v) is 3.34. The predicted octanol–water partition coefficient (Wildman–Crippen LogP) is 5.39. The van der Waals surface area contributed by atoms with E-state index in [0.29, 0.717) is 32.0 Å². The zero-order chi connectivity index (χ0) is 18.3. The standard InChI is InChI=1S/C19H14Cl3N3O/c20-12-3-1-11(2-4-12)18-15(19(26)24-14-6-7-14)10-23-25(18)17-8-5-13(21)9-16(17)22/h1-5,8-10,14H,6-7H2,(H,24,26). The molecule has 0 unspecified atom stereocenters. The maximum Gasteiger partial charge on any atom is 0.255 e. The van der Waals surface area contributed by atoms with Crippen molar-refractivity contribution in [3.8, 4) is 16.9 Å². The van der Waals surface area contributed by atoms with Gasteiger partial charge >= 0.3 is 0 Å². The fraction of sp³-hybridized carbons (Fsp3) is 0.158. The topological polar surface area (TPSA) is 46.9 Å². The van der Waals surface area contributed by atoms with E-state index in [2.05, 4.69) is 10.4 Å². The number of carbonyl (C=O) groups excluding carboxylic acids is 1. The van der Waals surface area contributed by atoms with Crippen LogP contribution in [-0.2, 0) is 0 Å². The predicted molar refractivity (Wildman–Crippen MR) is 105 cm³/mol. The summed E-state index contributed by atoms with van der Waals surface area (Å²) >= 11 is 18.4. The molecular formula is C19H14Cl3N3O. The minimum absolute atomic E-state index is 0.145. The Bertz CT molecular complexity index is 978.